The quantitative estimate of drug-likeness (QED) is 0.772. The Balaban J connectivity index is 1.95. The van der Waals surface area contributed by atoms with E-state index < -0.39 is 0 Å². The van der Waals surface area contributed by atoms with Crippen molar-refractivity contribution in [2.75, 3.05) is 19.8 Å². The van der Waals surface area contributed by atoms with Crippen LogP contribution in [-0.2, 0) is 9.53 Å². The number of hydrogen-bond donors (Lipinski definition) is 1. The molecule has 16 heavy (non-hydrogen) atoms. The summed E-state index contributed by atoms with van der Waals surface area (Å²) in [5.41, 5.74) is 0. The van der Waals surface area contributed by atoms with Crippen molar-refractivity contribution in [2.45, 2.75) is 51.2 Å². The third-order valence-electron chi connectivity index (χ3n) is 3.35. The van der Waals surface area contributed by atoms with Crippen LogP contribution >= 0.6 is 0 Å². The molecule has 0 aromatic rings. The van der Waals surface area contributed by atoms with Gasteiger partial charge >= 0.3 is 0 Å². The number of nitrogens with one attached hydrogen (secondary N) is 1. The van der Waals surface area contributed by atoms with Crippen molar-refractivity contribution >= 4 is 5.91 Å². The van der Waals surface area contributed by atoms with Crippen LogP contribution in [0.15, 0.2) is 0 Å². The van der Waals surface area contributed by atoms with Crippen LogP contribution in [0.2, 0.25) is 0 Å². The summed E-state index contributed by atoms with van der Waals surface area (Å²) in [6.45, 7) is 6.61. The molecule has 0 aliphatic carbocycles. The normalized spacial score (nSPS) is 31.4. The van der Waals surface area contributed by atoms with Crippen LogP contribution in [0.1, 0.15) is 33.1 Å². The first-order valence-corrected chi connectivity index (χ1v) is 6.32. The number of rotatable bonds is 3. The number of likely N-dealkylation sites (tertiary alicyclic amines) is 1. The minimum atomic E-state index is 0.0225. The van der Waals surface area contributed by atoms with Crippen molar-refractivity contribution in [2.24, 2.45) is 0 Å². The predicted molar refractivity (Wildman–Crippen MR) is 62.2 cm³/mol. The predicted octanol–water partition coefficient (Wildman–Crippen LogP) is 0.764. The molecule has 2 saturated heterocycles. The minimum Gasteiger partial charge on any atom is -0.379 e. The van der Waals surface area contributed by atoms with Gasteiger partial charge < -0.3 is 15.0 Å². The molecule has 2 fully saturated rings. The molecule has 4 nitrogen and oxygen atoms in total. The molecule has 0 radical (unpaired) electrons. The highest BCUT2D eigenvalue weighted by molar-refractivity contribution is 5.83. The molecule has 1 amide bonds. The van der Waals surface area contributed by atoms with Gasteiger partial charge in [-0.25, -0.2) is 0 Å². The highest BCUT2D eigenvalue weighted by Gasteiger charge is 2.34. The molecule has 4 heteroatoms. The molecule has 92 valence electrons. The van der Waals surface area contributed by atoms with E-state index in [0.29, 0.717) is 12.1 Å². The molecule has 0 aromatic heterocycles. The van der Waals surface area contributed by atoms with Crippen molar-refractivity contribution in [3.63, 3.8) is 0 Å². The average Bonchev–Trinajstić information content (AvgIpc) is 2.73. The van der Waals surface area contributed by atoms with Crippen LogP contribution in [0, 0.1) is 0 Å². The molecule has 0 saturated carbocycles. The second kappa shape index (κ2) is 5.15. The molecular weight excluding hydrogens is 204 g/mol. The van der Waals surface area contributed by atoms with Crippen molar-refractivity contribution in [3.8, 4) is 0 Å². The van der Waals surface area contributed by atoms with E-state index in [4.69, 9.17) is 4.74 Å². The summed E-state index contributed by atoms with van der Waals surface area (Å²) in [6, 6.07) is 0.715. The fourth-order valence-electron chi connectivity index (χ4n) is 2.59. The fourth-order valence-corrected chi connectivity index (χ4v) is 2.59. The summed E-state index contributed by atoms with van der Waals surface area (Å²) in [6.07, 6.45) is 3.08. The summed E-state index contributed by atoms with van der Waals surface area (Å²) in [5, 5.41) is 3.35. The lowest BCUT2D eigenvalue weighted by molar-refractivity contribution is -0.138. The lowest BCUT2D eigenvalue weighted by Crippen LogP contribution is -2.55. The first-order valence-electron chi connectivity index (χ1n) is 6.32. The Kier molecular flexibility index (Phi) is 3.82. The number of piperidine rings is 1. The van der Waals surface area contributed by atoms with Gasteiger partial charge in [0.1, 0.15) is 0 Å². The molecule has 0 aromatic carbocycles. The second-order valence-corrected chi connectivity index (χ2v) is 5.07. The van der Waals surface area contributed by atoms with E-state index in [1.165, 1.54) is 0 Å². The fraction of sp³-hybridized carbons (Fsp3) is 0.917. The Bertz CT molecular complexity index is 249. The summed E-state index contributed by atoms with van der Waals surface area (Å²) >= 11 is 0. The van der Waals surface area contributed by atoms with E-state index in [-0.39, 0.29) is 11.9 Å². The van der Waals surface area contributed by atoms with E-state index in [1.807, 2.05) is 4.90 Å². The van der Waals surface area contributed by atoms with Gasteiger partial charge in [-0.05, 0) is 19.3 Å². The van der Waals surface area contributed by atoms with Gasteiger partial charge in [-0.1, -0.05) is 13.8 Å². The molecular formula is C12H22N2O2. The Morgan fingerprint density at radius 2 is 2.25 bits per heavy atom. The molecule has 2 heterocycles. The zero-order valence-electron chi connectivity index (χ0n) is 10.2. The van der Waals surface area contributed by atoms with E-state index in [0.717, 1.165) is 39.0 Å². The van der Waals surface area contributed by atoms with Crippen LogP contribution in [0.5, 0.6) is 0 Å². The molecule has 2 unspecified atom stereocenters. The molecule has 2 aliphatic rings. The topological polar surface area (TPSA) is 41.6 Å². The van der Waals surface area contributed by atoms with Crippen LogP contribution in [-0.4, -0.2) is 48.7 Å². The molecule has 1 N–H and O–H groups in total. The molecule has 0 bridgehead atoms. The third kappa shape index (κ3) is 2.55. The monoisotopic (exact) mass is 226 g/mol. The average molecular weight is 226 g/mol. The maximum atomic E-state index is 12.3. The zero-order chi connectivity index (χ0) is 11.5. The van der Waals surface area contributed by atoms with Gasteiger partial charge in [-0.3, -0.25) is 4.79 Å². The van der Waals surface area contributed by atoms with Crippen molar-refractivity contribution in [3.05, 3.63) is 0 Å². The Morgan fingerprint density at radius 3 is 2.88 bits per heavy atom. The van der Waals surface area contributed by atoms with E-state index in [2.05, 4.69) is 19.2 Å². The first-order chi connectivity index (χ1) is 7.68. The number of hydrogen-bond acceptors (Lipinski definition) is 3. The van der Waals surface area contributed by atoms with Gasteiger partial charge in [-0.15, -0.1) is 0 Å². The van der Waals surface area contributed by atoms with Crippen LogP contribution < -0.4 is 5.32 Å². The molecule has 2 rings (SSSR count). The summed E-state index contributed by atoms with van der Waals surface area (Å²) in [4.78, 5) is 14.3. The van der Waals surface area contributed by atoms with Gasteiger partial charge in [0.15, 0.2) is 0 Å². The van der Waals surface area contributed by atoms with Gasteiger partial charge in [0.05, 0.1) is 18.7 Å². The highest BCUT2D eigenvalue weighted by atomic mass is 16.5. The lowest BCUT2D eigenvalue weighted by Gasteiger charge is -2.36. The van der Waals surface area contributed by atoms with Crippen LogP contribution in [0.3, 0.4) is 0 Å². The number of amides is 1. The van der Waals surface area contributed by atoms with E-state index in [1.54, 1.807) is 0 Å². The number of carbonyl (C=O) groups excluding carboxylic acids is 1. The molecule has 2 atom stereocenters. The van der Waals surface area contributed by atoms with Crippen LogP contribution in [0.4, 0.5) is 0 Å². The smallest absolute Gasteiger partial charge is 0.240 e. The number of carbonyl (C=O) groups is 1. The maximum absolute atomic E-state index is 12.3. The largest absolute Gasteiger partial charge is 0.379 e. The number of ether oxygens (including phenoxy) is 1. The zero-order valence-corrected chi connectivity index (χ0v) is 10.2. The van der Waals surface area contributed by atoms with E-state index in [9.17, 15) is 4.79 Å². The van der Waals surface area contributed by atoms with Crippen molar-refractivity contribution < 1.29 is 9.53 Å². The van der Waals surface area contributed by atoms with E-state index >= 15 is 0 Å². The summed E-state index contributed by atoms with van der Waals surface area (Å²) < 4.78 is 5.36. The molecule has 0 spiro atoms. The molecule has 2 aliphatic heterocycles. The van der Waals surface area contributed by atoms with Gasteiger partial charge in [-0.2, -0.15) is 0 Å². The summed E-state index contributed by atoms with van der Waals surface area (Å²) in [5.74, 6) is 0.274. The maximum Gasteiger partial charge on any atom is 0.240 e. The van der Waals surface area contributed by atoms with Crippen molar-refractivity contribution in [1.82, 2.24) is 10.2 Å². The minimum absolute atomic E-state index is 0.0225. The van der Waals surface area contributed by atoms with Crippen molar-refractivity contribution in [1.29, 1.82) is 0 Å². The third-order valence-corrected chi connectivity index (χ3v) is 3.35. The van der Waals surface area contributed by atoms with Gasteiger partial charge in [0.2, 0.25) is 5.91 Å². The Morgan fingerprint density at radius 1 is 1.44 bits per heavy atom. The first kappa shape index (κ1) is 11.9. The SMILES string of the molecule is CC(C)NC1CCCN(C2CCOC2)C1=O. The van der Waals surface area contributed by atoms with Gasteiger partial charge in [0.25, 0.3) is 0 Å². The lowest BCUT2D eigenvalue weighted by atomic mass is 10.0. The standard InChI is InChI=1S/C12H22N2O2/c1-9(2)13-11-4-3-6-14(12(11)15)10-5-7-16-8-10/h9-11,13H,3-8H2,1-2H3. The Labute approximate surface area is 97.3 Å². The summed E-state index contributed by atoms with van der Waals surface area (Å²) in [7, 11) is 0. The van der Waals surface area contributed by atoms with Gasteiger partial charge in [0, 0.05) is 19.2 Å². The highest BCUT2D eigenvalue weighted by Crippen LogP contribution is 2.20. The second-order valence-electron chi connectivity index (χ2n) is 5.07. The van der Waals surface area contributed by atoms with Crippen LogP contribution in [0.25, 0.3) is 0 Å². The Hall–Kier alpha value is -0.610. The number of nitrogens with zero attached hydrogens (tertiary/aromatic N) is 1.